The van der Waals surface area contributed by atoms with Gasteiger partial charge in [-0.2, -0.15) is 0 Å². The van der Waals surface area contributed by atoms with E-state index in [2.05, 4.69) is 5.32 Å². The van der Waals surface area contributed by atoms with Crippen LogP contribution in [0.3, 0.4) is 0 Å². The van der Waals surface area contributed by atoms with Crippen molar-refractivity contribution < 1.29 is 9.53 Å². The number of fused-ring (bicyclic) bond motifs is 1. The minimum atomic E-state index is -0.340. The lowest BCUT2D eigenvalue weighted by Crippen LogP contribution is -2.45. The van der Waals surface area contributed by atoms with Crippen molar-refractivity contribution in [3.8, 4) is 5.75 Å². The molecular weight excluding hydrogens is 264 g/mol. The Labute approximate surface area is 119 Å². The van der Waals surface area contributed by atoms with E-state index in [1.54, 1.807) is 0 Å². The number of hydrogen-bond donors (Lipinski definition) is 1. The lowest BCUT2D eigenvalue weighted by atomic mass is 10.1. The van der Waals surface area contributed by atoms with Gasteiger partial charge in [0.15, 0.2) is 6.10 Å². The summed E-state index contributed by atoms with van der Waals surface area (Å²) in [5.41, 5.74) is 1.13. The molecule has 0 radical (unpaired) electrons. The summed E-state index contributed by atoms with van der Waals surface area (Å²) in [6, 6.07) is 8.19. The van der Waals surface area contributed by atoms with Crippen molar-refractivity contribution in [1.82, 2.24) is 10.2 Å². The van der Waals surface area contributed by atoms with Gasteiger partial charge in [-0.05, 0) is 24.6 Å². The smallest absolute Gasteiger partial charge is 0.264 e. The lowest BCUT2D eigenvalue weighted by Gasteiger charge is -2.26. The number of ether oxygens (including phenoxy) is 1. The molecule has 4 nitrogen and oxygen atoms in total. The average molecular weight is 283 g/mol. The Morgan fingerprint density at radius 1 is 1.42 bits per heavy atom. The highest BCUT2D eigenvalue weighted by atomic mass is 35.5. The largest absolute Gasteiger partial charge is 0.480 e. The average Bonchev–Trinajstić information content (AvgIpc) is 3.05. The molecule has 2 aliphatic rings. The topological polar surface area (TPSA) is 41.6 Å². The third-order valence-electron chi connectivity index (χ3n) is 3.85. The van der Waals surface area contributed by atoms with E-state index >= 15 is 0 Å². The van der Waals surface area contributed by atoms with Crippen LogP contribution in [0.4, 0.5) is 0 Å². The van der Waals surface area contributed by atoms with E-state index in [1.807, 2.05) is 36.2 Å². The maximum Gasteiger partial charge on any atom is 0.264 e. The van der Waals surface area contributed by atoms with Crippen LogP contribution >= 0.6 is 12.4 Å². The number of para-hydroxylation sites is 1. The Hall–Kier alpha value is -1.26. The van der Waals surface area contributed by atoms with Gasteiger partial charge in [-0.1, -0.05) is 18.2 Å². The molecule has 0 aliphatic carbocycles. The molecule has 104 valence electrons. The Bertz CT molecular complexity index is 436. The monoisotopic (exact) mass is 282 g/mol. The molecule has 1 fully saturated rings. The van der Waals surface area contributed by atoms with Gasteiger partial charge in [0, 0.05) is 26.1 Å². The van der Waals surface area contributed by atoms with Crippen molar-refractivity contribution in [2.75, 3.05) is 20.1 Å². The third kappa shape index (κ3) is 2.69. The van der Waals surface area contributed by atoms with Crippen LogP contribution in [0.2, 0.25) is 0 Å². The second kappa shape index (κ2) is 5.80. The minimum absolute atomic E-state index is 0. The fourth-order valence-electron chi connectivity index (χ4n) is 2.70. The zero-order valence-electron chi connectivity index (χ0n) is 11.0. The van der Waals surface area contributed by atoms with E-state index in [0.717, 1.165) is 30.8 Å². The van der Waals surface area contributed by atoms with Gasteiger partial charge in [0.1, 0.15) is 5.75 Å². The molecule has 1 amide bonds. The fraction of sp³-hybridized carbons (Fsp3) is 0.500. The molecule has 19 heavy (non-hydrogen) atoms. The van der Waals surface area contributed by atoms with Gasteiger partial charge in [-0.15, -0.1) is 12.4 Å². The first-order valence-corrected chi connectivity index (χ1v) is 6.47. The van der Waals surface area contributed by atoms with Crippen molar-refractivity contribution in [3.05, 3.63) is 29.8 Å². The van der Waals surface area contributed by atoms with Crippen LogP contribution in [0, 0.1) is 0 Å². The molecule has 0 saturated carbocycles. The van der Waals surface area contributed by atoms with Crippen LogP contribution in [0.1, 0.15) is 12.0 Å². The molecule has 1 N–H and O–H groups in total. The van der Waals surface area contributed by atoms with Gasteiger partial charge in [-0.25, -0.2) is 0 Å². The molecule has 1 saturated heterocycles. The maximum absolute atomic E-state index is 12.4. The Morgan fingerprint density at radius 3 is 2.89 bits per heavy atom. The van der Waals surface area contributed by atoms with Gasteiger partial charge >= 0.3 is 0 Å². The molecule has 2 aliphatic heterocycles. The first-order chi connectivity index (χ1) is 8.75. The highest BCUT2D eigenvalue weighted by molar-refractivity contribution is 5.85. The highest BCUT2D eigenvalue weighted by Gasteiger charge is 2.34. The zero-order valence-corrected chi connectivity index (χ0v) is 11.8. The van der Waals surface area contributed by atoms with Gasteiger partial charge in [0.2, 0.25) is 0 Å². The Balaban J connectivity index is 0.00000133. The quantitative estimate of drug-likeness (QED) is 0.887. The van der Waals surface area contributed by atoms with E-state index in [4.69, 9.17) is 4.74 Å². The third-order valence-corrected chi connectivity index (χ3v) is 3.85. The van der Waals surface area contributed by atoms with E-state index in [0.29, 0.717) is 12.5 Å². The van der Waals surface area contributed by atoms with Crippen LogP contribution in [-0.2, 0) is 11.2 Å². The summed E-state index contributed by atoms with van der Waals surface area (Å²) < 4.78 is 5.74. The van der Waals surface area contributed by atoms with Gasteiger partial charge in [0.05, 0.1) is 0 Å². The van der Waals surface area contributed by atoms with Crippen molar-refractivity contribution in [3.63, 3.8) is 0 Å². The molecule has 0 spiro atoms. The lowest BCUT2D eigenvalue weighted by molar-refractivity contribution is -0.138. The molecule has 2 heterocycles. The van der Waals surface area contributed by atoms with Crippen molar-refractivity contribution in [2.24, 2.45) is 0 Å². The zero-order chi connectivity index (χ0) is 12.5. The van der Waals surface area contributed by atoms with Gasteiger partial charge in [-0.3, -0.25) is 4.79 Å². The summed E-state index contributed by atoms with van der Waals surface area (Å²) in [6.45, 7) is 1.88. The van der Waals surface area contributed by atoms with E-state index < -0.39 is 0 Å². The molecule has 5 heteroatoms. The van der Waals surface area contributed by atoms with Crippen LogP contribution in [0.25, 0.3) is 0 Å². The predicted molar refractivity (Wildman–Crippen MR) is 75.9 cm³/mol. The molecule has 0 aromatic heterocycles. The summed E-state index contributed by atoms with van der Waals surface area (Å²) in [5, 5.41) is 3.28. The molecule has 2 atom stereocenters. The second-order valence-corrected chi connectivity index (χ2v) is 5.01. The van der Waals surface area contributed by atoms with E-state index in [-0.39, 0.29) is 24.4 Å². The number of rotatable bonds is 2. The molecule has 0 bridgehead atoms. The predicted octanol–water partition coefficient (Wildman–Crippen LogP) is 1.23. The van der Waals surface area contributed by atoms with E-state index in [9.17, 15) is 4.79 Å². The number of likely N-dealkylation sites (N-methyl/N-ethyl adjacent to an activating group) is 1. The van der Waals surface area contributed by atoms with Crippen LogP contribution < -0.4 is 10.1 Å². The number of carbonyl (C=O) groups excluding carboxylic acids is 1. The summed E-state index contributed by atoms with van der Waals surface area (Å²) in [4.78, 5) is 14.2. The van der Waals surface area contributed by atoms with Crippen molar-refractivity contribution in [2.45, 2.75) is 25.0 Å². The molecule has 3 rings (SSSR count). The number of nitrogens with zero attached hydrogens (tertiary/aromatic N) is 1. The number of amides is 1. The highest BCUT2D eigenvalue weighted by Crippen LogP contribution is 2.29. The van der Waals surface area contributed by atoms with Gasteiger partial charge < -0.3 is 15.0 Å². The first kappa shape index (κ1) is 14.2. The summed E-state index contributed by atoms with van der Waals surface area (Å²) >= 11 is 0. The number of halogens is 1. The number of carbonyl (C=O) groups is 1. The number of hydrogen-bond acceptors (Lipinski definition) is 3. The Kier molecular flexibility index (Phi) is 4.32. The summed E-state index contributed by atoms with van der Waals surface area (Å²) in [7, 11) is 1.88. The normalized spacial score (nSPS) is 24.3. The summed E-state index contributed by atoms with van der Waals surface area (Å²) in [5.74, 6) is 0.952. The van der Waals surface area contributed by atoms with Crippen molar-refractivity contribution in [1.29, 1.82) is 0 Å². The maximum atomic E-state index is 12.4. The van der Waals surface area contributed by atoms with Gasteiger partial charge in [0.25, 0.3) is 5.91 Å². The van der Waals surface area contributed by atoms with Crippen molar-refractivity contribution >= 4 is 18.3 Å². The van der Waals surface area contributed by atoms with Crippen LogP contribution in [-0.4, -0.2) is 43.1 Å². The molecule has 2 unspecified atom stereocenters. The Morgan fingerprint density at radius 2 is 2.21 bits per heavy atom. The summed E-state index contributed by atoms with van der Waals surface area (Å²) in [6.07, 6.45) is 1.38. The number of nitrogens with one attached hydrogen (secondary N) is 1. The van der Waals surface area contributed by atoms with Crippen LogP contribution in [0.5, 0.6) is 5.75 Å². The standard InChI is InChI=1S/C14H18N2O2.ClH/c1-16(11-6-7-15-9-11)14(17)13-8-10-4-2-3-5-12(10)18-13;/h2-5,11,13,15H,6-9H2,1H3;1H. The first-order valence-electron chi connectivity index (χ1n) is 6.47. The minimum Gasteiger partial charge on any atom is -0.480 e. The molecule has 1 aromatic carbocycles. The molecular formula is C14H19ClN2O2. The molecule has 1 aromatic rings. The van der Waals surface area contributed by atoms with E-state index in [1.165, 1.54) is 0 Å². The second-order valence-electron chi connectivity index (χ2n) is 5.01. The SMILES string of the molecule is CN(C(=O)C1Cc2ccccc2O1)C1CCNC1.Cl. The number of benzene rings is 1. The fourth-order valence-corrected chi connectivity index (χ4v) is 2.70. The van der Waals surface area contributed by atoms with Crippen LogP contribution in [0.15, 0.2) is 24.3 Å².